The van der Waals surface area contributed by atoms with Crippen molar-refractivity contribution < 1.29 is 23.9 Å². The van der Waals surface area contributed by atoms with Crippen LogP contribution in [0, 0.1) is 5.82 Å². The molecule has 0 spiro atoms. The summed E-state index contributed by atoms with van der Waals surface area (Å²) in [7, 11) is 0. The third-order valence-electron chi connectivity index (χ3n) is 6.17. The van der Waals surface area contributed by atoms with Crippen LogP contribution in [0.2, 0.25) is 0 Å². The van der Waals surface area contributed by atoms with Gasteiger partial charge in [0, 0.05) is 61.7 Å². The van der Waals surface area contributed by atoms with Crippen molar-refractivity contribution >= 4 is 17.7 Å². The molecule has 2 aromatic carbocycles. The van der Waals surface area contributed by atoms with Crippen molar-refractivity contribution in [3.63, 3.8) is 0 Å². The first kappa shape index (κ1) is 25.0. The molecule has 0 fully saturated rings. The summed E-state index contributed by atoms with van der Waals surface area (Å²) < 4.78 is 14.7. The summed E-state index contributed by atoms with van der Waals surface area (Å²) in [5.41, 5.74) is 2.00. The highest BCUT2D eigenvalue weighted by Crippen LogP contribution is 2.33. The van der Waals surface area contributed by atoms with Crippen LogP contribution in [0.1, 0.15) is 45.5 Å². The third kappa shape index (κ3) is 6.10. The fourth-order valence-electron chi connectivity index (χ4n) is 4.22. The minimum atomic E-state index is -0.558. The molecule has 4 bridgehead atoms. The van der Waals surface area contributed by atoms with E-state index >= 15 is 0 Å². The number of benzene rings is 2. The zero-order valence-electron chi connectivity index (χ0n) is 19.9. The first-order valence-electron chi connectivity index (χ1n) is 12.0. The maximum atomic E-state index is 14.7. The van der Waals surface area contributed by atoms with E-state index in [9.17, 15) is 23.9 Å². The van der Waals surface area contributed by atoms with Gasteiger partial charge >= 0.3 is 0 Å². The van der Waals surface area contributed by atoms with Crippen LogP contribution in [-0.4, -0.2) is 58.9 Å². The zero-order chi connectivity index (χ0) is 25.5. The molecule has 3 aromatic rings. The molecule has 0 unspecified atom stereocenters. The maximum Gasteiger partial charge on any atom is 0.255 e. The topological polar surface area (TPSA) is 115 Å². The number of aromatic hydroxyl groups is 1. The maximum absolute atomic E-state index is 14.7. The Kier molecular flexibility index (Phi) is 7.99. The fraction of sp³-hybridized carbons (Fsp3) is 0.296. The number of phenols is 1. The number of amides is 3. The number of hydrogen-bond acceptors (Lipinski definition) is 4. The molecule has 0 aliphatic carbocycles. The van der Waals surface area contributed by atoms with E-state index in [1.165, 1.54) is 24.3 Å². The molecule has 4 N–H and O–H groups in total. The van der Waals surface area contributed by atoms with Crippen LogP contribution in [-0.2, 0) is 11.2 Å². The summed E-state index contributed by atoms with van der Waals surface area (Å²) >= 11 is 0. The number of fused-ring (bicyclic) bond motifs is 5. The van der Waals surface area contributed by atoms with Crippen molar-refractivity contribution in [2.24, 2.45) is 0 Å². The number of carbonyl (C=O) groups is 3. The highest BCUT2D eigenvalue weighted by molar-refractivity contribution is 5.96. The molecule has 1 aliphatic rings. The smallest absolute Gasteiger partial charge is 0.255 e. The van der Waals surface area contributed by atoms with Gasteiger partial charge in [0.2, 0.25) is 5.91 Å². The summed E-state index contributed by atoms with van der Waals surface area (Å²) in [6.45, 7) is 1.50. The van der Waals surface area contributed by atoms with Crippen molar-refractivity contribution in [3.05, 3.63) is 77.4 Å². The van der Waals surface area contributed by atoms with Gasteiger partial charge in [0.15, 0.2) is 0 Å². The molecular formula is C27H29FN4O4. The van der Waals surface area contributed by atoms with E-state index in [2.05, 4.69) is 15.6 Å². The molecule has 0 radical (unpaired) electrons. The van der Waals surface area contributed by atoms with Gasteiger partial charge in [-0.1, -0.05) is 6.07 Å². The predicted octanol–water partition coefficient (Wildman–Crippen LogP) is 3.24. The van der Waals surface area contributed by atoms with Crippen LogP contribution in [0.4, 0.5) is 4.39 Å². The number of H-pyrrole nitrogens is 1. The largest absolute Gasteiger partial charge is 0.507 e. The highest BCUT2D eigenvalue weighted by Gasteiger charge is 2.18. The number of rotatable bonds is 1. The van der Waals surface area contributed by atoms with E-state index in [1.54, 1.807) is 35.5 Å². The Morgan fingerprint density at radius 3 is 2.56 bits per heavy atom. The van der Waals surface area contributed by atoms with Gasteiger partial charge in [-0.3, -0.25) is 14.4 Å². The number of hydrogen-bond donors (Lipinski definition) is 4. The normalized spacial score (nSPS) is 15.8. The van der Waals surface area contributed by atoms with Crippen LogP contribution in [0.3, 0.4) is 0 Å². The summed E-state index contributed by atoms with van der Waals surface area (Å²) in [6, 6.07) is 10.6. The average Bonchev–Trinajstić information content (AvgIpc) is 3.41. The molecule has 2 heterocycles. The number of halogens is 1. The van der Waals surface area contributed by atoms with Crippen molar-refractivity contribution in [3.8, 4) is 16.9 Å². The van der Waals surface area contributed by atoms with E-state index < -0.39 is 5.82 Å². The van der Waals surface area contributed by atoms with Gasteiger partial charge in [0.1, 0.15) is 11.6 Å². The average molecular weight is 493 g/mol. The number of aromatic nitrogens is 1. The van der Waals surface area contributed by atoms with Crippen molar-refractivity contribution in [2.75, 3.05) is 26.2 Å². The van der Waals surface area contributed by atoms with Gasteiger partial charge in [0.05, 0.1) is 5.56 Å². The first-order valence-corrected chi connectivity index (χ1v) is 12.0. The molecular weight excluding hydrogens is 463 g/mol. The Bertz CT molecular complexity index is 1240. The third-order valence-corrected chi connectivity index (χ3v) is 6.17. The Hall–Kier alpha value is -4.14. The van der Waals surface area contributed by atoms with Gasteiger partial charge in [-0.05, 0) is 61.2 Å². The molecule has 0 saturated carbocycles. The molecule has 1 aromatic heterocycles. The van der Waals surface area contributed by atoms with Gasteiger partial charge in [-0.2, -0.15) is 0 Å². The lowest BCUT2D eigenvalue weighted by molar-refractivity contribution is -0.121. The summed E-state index contributed by atoms with van der Waals surface area (Å²) in [5.74, 6) is -1.29. The quantitative estimate of drug-likeness (QED) is 0.418. The van der Waals surface area contributed by atoms with Crippen LogP contribution in [0.15, 0.2) is 54.9 Å². The second-order valence-electron chi connectivity index (χ2n) is 8.75. The summed E-state index contributed by atoms with van der Waals surface area (Å²) in [5, 5.41) is 16.1. The number of nitrogens with zero attached hydrogens (tertiary/aromatic N) is 1. The fourth-order valence-corrected chi connectivity index (χ4v) is 4.22. The van der Waals surface area contributed by atoms with E-state index in [1.807, 2.05) is 0 Å². The standard InChI is InChI=1S/C27H29FN4O4/c28-23-6-5-19-16-21(23)22-15-18(4-7-24(22)33)8-12-30-25(34)3-1-13-32(14-2-10-31-26(19)35)27(36)20-9-11-29-17-20/h4-7,9,11,15-17,29,33H,1-3,8,10,12-14H2,(H,30,34)(H,31,35). The molecule has 3 amide bonds. The molecule has 0 saturated heterocycles. The van der Waals surface area contributed by atoms with E-state index in [4.69, 9.17) is 0 Å². The molecule has 188 valence electrons. The van der Waals surface area contributed by atoms with Gasteiger partial charge < -0.3 is 25.6 Å². The monoisotopic (exact) mass is 492 g/mol. The minimum absolute atomic E-state index is 0.0997. The molecule has 1 aliphatic heterocycles. The Labute approximate surface area is 208 Å². The lowest BCUT2D eigenvalue weighted by atomic mass is 9.98. The number of phenolic OH excluding ortho intramolecular Hbond substituents is 1. The number of aromatic amines is 1. The second-order valence-corrected chi connectivity index (χ2v) is 8.75. The van der Waals surface area contributed by atoms with Crippen molar-refractivity contribution in [2.45, 2.75) is 25.7 Å². The van der Waals surface area contributed by atoms with Crippen LogP contribution >= 0.6 is 0 Å². The van der Waals surface area contributed by atoms with Crippen LogP contribution in [0.5, 0.6) is 5.75 Å². The lowest BCUT2D eigenvalue weighted by Gasteiger charge is -2.22. The summed E-state index contributed by atoms with van der Waals surface area (Å²) in [6.07, 6.45) is 5.07. The van der Waals surface area contributed by atoms with Crippen molar-refractivity contribution in [1.29, 1.82) is 0 Å². The van der Waals surface area contributed by atoms with Gasteiger partial charge in [-0.15, -0.1) is 0 Å². The highest BCUT2D eigenvalue weighted by atomic mass is 19.1. The lowest BCUT2D eigenvalue weighted by Crippen LogP contribution is -2.35. The number of nitrogens with one attached hydrogen (secondary N) is 3. The summed E-state index contributed by atoms with van der Waals surface area (Å²) in [4.78, 5) is 42.6. The van der Waals surface area contributed by atoms with Gasteiger partial charge in [-0.25, -0.2) is 4.39 Å². The second kappa shape index (κ2) is 11.5. The molecule has 8 nitrogen and oxygen atoms in total. The van der Waals surface area contributed by atoms with Crippen LogP contribution in [0.25, 0.3) is 11.1 Å². The molecule has 0 atom stereocenters. The number of carbonyl (C=O) groups excluding carboxylic acids is 3. The molecule has 9 heteroatoms. The Morgan fingerprint density at radius 1 is 0.917 bits per heavy atom. The van der Waals surface area contributed by atoms with E-state index in [0.717, 1.165) is 5.56 Å². The Morgan fingerprint density at radius 2 is 1.75 bits per heavy atom. The first-order chi connectivity index (χ1) is 17.4. The van der Waals surface area contributed by atoms with Crippen molar-refractivity contribution in [1.82, 2.24) is 20.5 Å². The minimum Gasteiger partial charge on any atom is -0.507 e. The van der Waals surface area contributed by atoms with E-state index in [-0.39, 0.29) is 46.6 Å². The predicted molar refractivity (Wildman–Crippen MR) is 133 cm³/mol. The SMILES string of the molecule is O=C1CCCN(C(=O)c2cc[nH]c2)CCCNC(=O)c2ccc(F)c(c2)-c2cc(ccc2O)CCN1. The molecule has 36 heavy (non-hydrogen) atoms. The van der Waals surface area contributed by atoms with Crippen LogP contribution < -0.4 is 10.6 Å². The molecule has 4 rings (SSSR count). The zero-order valence-corrected chi connectivity index (χ0v) is 19.9. The van der Waals surface area contributed by atoms with E-state index in [0.29, 0.717) is 51.0 Å². The Balaban J connectivity index is 1.56. The van der Waals surface area contributed by atoms with Gasteiger partial charge in [0.25, 0.3) is 11.8 Å².